The van der Waals surface area contributed by atoms with Gasteiger partial charge in [0.15, 0.2) is 0 Å². The number of nitrogens with two attached hydrogens (primary N) is 2. The number of hydrogen-bond donors (Lipinski definition) is 2. The van der Waals surface area contributed by atoms with Crippen molar-refractivity contribution in [3.8, 4) is 33.6 Å². The number of ether oxygens (including phenoxy) is 1. The normalized spacial score (nSPS) is 14.8. The van der Waals surface area contributed by atoms with E-state index in [4.69, 9.17) is 21.5 Å². The predicted octanol–water partition coefficient (Wildman–Crippen LogP) is 3.37. The molecule has 1 atom stereocenters. The molecule has 5 rings (SSSR count). The number of nitrogens with zero attached hydrogens (tertiary/aromatic N) is 5. The zero-order chi connectivity index (χ0) is 28.6. The number of benzene rings is 2. The quantitative estimate of drug-likeness (QED) is 0.265. The van der Waals surface area contributed by atoms with Gasteiger partial charge in [-0.1, -0.05) is 17.3 Å². The number of thiazole rings is 1. The van der Waals surface area contributed by atoms with Crippen molar-refractivity contribution in [2.75, 3.05) is 0 Å². The van der Waals surface area contributed by atoms with Gasteiger partial charge >= 0.3 is 12.1 Å². The number of carbonyl (C=O) groups excluding carboxylic acids is 2. The van der Waals surface area contributed by atoms with Gasteiger partial charge < -0.3 is 16.2 Å². The third-order valence-corrected chi connectivity index (χ3v) is 7.47. The molecule has 4 aromatic rings. The number of aromatic nitrogens is 4. The van der Waals surface area contributed by atoms with Crippen LogP contribution in [0.25, 0.3) is 21.8 Å². The topological polar surface area (TPSA) is 163 Å². The monoisotopic (exact) mass is 567 g/mol. The van der Waals surface area contributed by atoms with Crippen molar-refractivity contribution in [1.29, 1.82) is 5.26 Å². The highest BCUT2D eigenvalue weighted by atomic mass is 32.1. The van der Waals surface area contributed by atoms with Gasteiger partial charge in [0.05, 0.1) is 30.1 Å². The van der Waals surface area contributed by atoms with E-state index in [9.17, 15) is 22.8 Å². The Hall–Kier alpha value is -4.61. The first kappa shape index (κ1) is 27.0. The highest BCUT2D eigenvalue weighted by molar-refractivity contribution is 7.15. The molecule has 0 bridgehead atoms. The summed E-state index contributed by atoms with van der Waals surface area (Å²) in [5, 5.41) is 17.5. The van der Waals surface area contributed by atoms with Crippen LogP contribution in [0.1, 0.15) is 38.5 Å². The van der Waals surface area contributed by atoms with Crippen LogP contribution < -0.4 is 16.2 Å². The van der Waals surface area contributed by atoms with E-state index in [2.05, 4.69) is 15.3 Å². The van der Waals surface area contributed by atoms with Gasteiger partial charge in [-0.05, 0) is 43.5 Å². The number of nitriles is 1. The van der Waals surface area contributed by atoms with Crippen LogP contribution >= 0.6 is 11.3 Å². The van der Waals surface area contributed by atoms with Crippen molar-refractivity contribution in [3.63, 3.8) is 0 Å². The van der Waals surface area contributed by atoms with Gasteiger partial charge in [0.2, 0.25) is 5.91 Å². The summed E-state index contributed by atoms with van der Waals surface area (Å²) in [6, 6.07) is 10.8. The van der Waals surface area contributed by atoms with E-state index >= 15 is 0 Å². The number of halogens is 3. The molecule has 0 unspecified atom stereocenters. The Morgan fingerprint density at radius 1 is 1.20 bits per heavy atom. The first-order chi connectivity index (χ1) is 19.0. The maximum absolute atomic E-state index is 13.1. The van der Waals surface area contributed by atoms with Crippen LogP contribution in [-0.2, 0) is 24.2 Å². The van der Waals surface area contributed by atoms with Gasteiger partial charge in [0.25, 0.3) is 0 Å². The second kappa shape index (κ2) is 10.5. The number of amides is 1. The number of hydrogen-bond acceptors (Lipinski definition) is 9. The molecule has 14 heteroatoms. The van der Waals surface area contributed by atoms with E-state index in [1.807, 2.05) is 6.07 Å². The van der Waals surface area contributed by atoms with Crippen molar-refractivity contribution in [1.82, 2.24) is 20.0 Å². The lowest BCUT2D eigenvalue weighted by Gasteiger charge is -2.17. The van der Waals surface area contributed by atoms with Crippen molar-refractivity contribution < 1.29 is 27.5 Å². The fourth-order valence-corrected chi connectivity index (χ4v) is 5.67. The van der Waals surface area contributed by atoms with E-state index < -0.39 is 23.8 Å². The van der Waals surface area contributed by atoms with Crippen LogP contribution in [0.5, 0.6) is 5.75 Å². The Morgan fingerprint density at radius 2 is 1.95 bits per heavy atom. The van der Waals surface area contributed by atoms with Gasteiger partial charge in [-0.3, -0.25) is 4.79 Å². The van der Waals surface area contributed by atoms with Crippen molar-refractivity contribution in [2.24, 2.45) is 11.5 Å². The number of aryl methyl sites for hydroxylation is 1. The van der Waals surface area contributed by atoms with Crippen LogP contribution in [0.4, 0.5) is 13.2 Å². The molecule has 2 heterocycles. The summed E-state index contributed by atoms with van der Waals surface area (Å²) in [7, 11) is 0. The molecule has 2 aromatic heterocycles. The summed E-state index contributed by atoms with van der Waals surface area (Å²) in [6.07, 6.45) is -1.84. The smallest absolute Gasteiger partial charge is 0.419 e. The van der Waals surface area contributed by atoms with E-state index in [1.165, 1.54) is 28.3 Å². The molecule has 1 aliphatic carbocycles. The van der Waals surface area contributed by atoms with Gasteiger partial charge in [-0.25, -0.2) is 14.5 Å². The van der Waals surface area contributed by atoms with E-state index in [1.54, 1.807) is 24.3 Å². The molecule has 40 heavy (non-hydrogen) atoms. The number of carbonyl (C=O) groups is 2. The second-order valence-corrected chi connectivity index (χ2v) is 10.2. The molecular weight excluding hydrogens is 547 g/mol. The lowest BCUT2D eigenvalue weighted by atomic mass is 9.98. The summed E-state index contributed by atoms with van der Waals surface area (Å²) in [6.45, 7) is -0.232. The van der Waals surface area contributed by atoms with Crippen molar-refractivity contribution >= 4 is 23.2 Å². The highest BCUT2D eigenvalue weighted by Gasteiger charge is 2.42. The fraction of sp³-hybridized carbons (Fsp3) is 0.231. The molecule has 1 amide bonds. The average molecular weight is 568 g/mol. The van der Waals surface area contributed by atoms with E-state index in [-0.39, 0.29) is 29.3 Å². The fourth-order valence-electron chi connectivity index (χ4n) is 4.38. The Bertz CT molecular complexity index is 1660. The Kier molecular flexibility index (Phi) is 7.09. The van der Waals surface area contributed by atoms with Crippen LogP contribution in [0.3, 0.4) is 0 Å². The van der Waals surface area contributed by atoms with E-state index in [0.29, 0.717) is 41.1 Å². The number of alkyl halides is 3. The minimum absolute atomic E-state index is 0.00960. The molecule has 1 aliphatic rings. The predicted molar refractivity (Wildman–Crippen MR) is 137 cm³/mol. The van der Waals surface area contributed by atoms with Crippen molar-refractivity contribution in [2.45, 2.75) is 38.0 Å². The molecule has 2 aromatic carbocycles. The molecule has 0 fully saturated rings. The Morgan fingerprint density at radius 3 is 2.62 bits per heavy atom. The third kappa shape index (κ3) is 5.42. The zero-order valence-corrected chi connectivity index (χ0v) is 21.4. The standard InChI is InChI=1S/C26H20F3N7O3S/c27-26(28,29)25(38)39-20-8-6-16(23(32)37)22(24-33-18-7-5-15(31)9-21(18)40-24)17(20)11-36-12-19(34-35-36)14-3-1-13(10-30)2-4-14/h1-4,6,8,12,15H,5,7,9,11,31H2,(H2,32,37)/t15-/m1/s1. The molecule has 0 spiro atoms. The largest absolute Gasteiger partial charge is 0.491 e. The van der Waals surface area contributed by atoms with Gasteiger partial charge in [-0.15, -0.1) is 16.4 Å². The number of rotatable bonds is 6. The molecule has 0 radical (unpaired) electrons. The maximum atomic E-state index is 13.1. The number of primary amides is 1. The molecule has 4 N–H and O–H groups in total. The van der Waals surface area contributed by atoms with Gasteiger partial charge in [-0.2, -0.15) is 18.4 Å². The first-order valence-corrected chi connectivity index (χ1v) is 12.7. The summed E-state index contributed by atoms with van der Waals surface area (Å²) < 4.78 is 45.5. The van der Waals surface area contributed by atoms with Crippen LogP contribution in [0.15, 0.2) is 42.6 Å². The minimum Gasteiger partial charge on any atom is -0.419 e. The molecule has 204 valence electrons. The molecule has 10 nitrogen and oxygen atoms in total. The summed E-state index contributed by atoms with van der Waals surface area (Å²) in [4.78, 5) is 29.8. The lowest BCUT2D eigenvalue weighted by Crippen LogP contribution is -2.28. The Labute approximate surface area is 229 Å². The average Bonchev–Trinajstić information content (AvgIpc) is 3.55. The lowest BCUT2D eigenvalue weighted by molar-refractivity contribution is -0.189. The van der Waals surface area contributed by atoms with Crippen LogP contribution in [0.2, 0.25) is 0 Å². The van der Waals surface area contributed by atoms with E-state index in [0.717, 1.165) is 16.6 Å². The SMILES string of the molecule is N#Cc1ccc(-c2cn(Cc3c(OC(=O)C(F)(F)F)ccc(C(N)=O)c3-c3nc4c(s3)C[C@H](N)CC4)nn2)cc1. The number of esters is 1. The first-order valence-electron chi connectivity index (χ1n) is 11.9. The Balaban J connectivity index is 1.63. The molecule has 0 aliphatic heterocycles. The zero-order valence-electron chi connectivity index (χ0n) is 20.6. The maximum Gasteiger partial charge on any atom is 0.491 e. The van der Waals surface area contributed by atoms with Gasteiger partial charge in [0.1, 0.15) is 16.5 Å². The minimum atomic E-state index is -5.26. The third-order valence-electron chi connectivity index (χ3n) is 6.33. The van der Waals surface area contributed by atoms with Crippen LogP contribution in [-0.4, -0.2) is 44.1 Å². The van der Waals surface area contributed by atoms with Crippen molar-refractivity contribution in [3.05, 3.63) is 69.9 Å². The van der Waals surface area contributed by atoms with Gasteiger partial charge in [0, 0.05) is 33.2 Å². The summed E-state index contributed by atoms with van der Waals surface area (Å²) >= 11 is 1.25. The second-order valence-electron chi connectivity index (χ2n) is 9.10. The number of fused-ring (bicyclic) bond motifs is 1. The molecule has 0 saturated heterocycles. The summed E-state index contributed by atoms with van der Waals surface area (Å²) in [5.74, 6) is -3.69. The molecular formula is C26H20F3N7O3S. The van der Waals surface area contributed by atoms with Crippen LogP contribution in [0, 0.1) is 11.3 Å². The summed E-state index contributed by atoms with van der Waals surface area (Å²) in [5.41, 5.74) is 14.2. The highest BCUT2D eigenvalue weighted by Crippen LogP contribution is 2.40. The molecule has 0 saturated carbocycles.